The van der Waals surface area contributed by atoms with Gasteiger partial charge in [-0.2, -0.15) is 18.3 Å². The molecule has 0 unspecified atom stereocenters. The molecule has 198 valence electrons. The molecular formula is C28H23F3N6OS. The molecule has 3 aromatic heterocycles. The summed E-state index contributed by atoms with van der Waals surface area (Å²) in [5.41, 5.74) is 2.63. The van der Waals surface area contributed by atoms with E-state index in [1.54, 1.807) is 19.3 Å². The van der Waals surface area contributed by atoms with E-state index in [0.717, 1.165) is 39.3 Å². The number of carbonyl (C=O) groups excluding carboxylic acids is 1. The Kier molecular flexibility index (Phi) is 7.51. The van der Waals surface area contributed by atoms with E-state index in [4.69, 9.17) is 0 Å². The molecule has 5 aromatic rings. The molecule has 7 nitrogen and oxygen atoms in total. The number of hydrogen-bond donors (Lipinski definition) is 2. The van der Waals surface area contributed by atoms with E-state index in [9.17, 15) is 18.0 Å². The Morgan fingerprint density at radius 1 is 1.10 bits per heavy atom. The lowest BCUT2D eigenvalue weighted by Crippen LogP contribution is -2.14. The summed E-state index contributed by atoms with van der Waals surface area (Å²) in [6.45, 7) is 1.74. The predicted molar refractivity (Wildman–Crippen MR) is 147 cm³/mol. The summed E-state index contributed by atoms with van der Waals surface area (Å²) >= 11 is 1.47. The fourth-order valence-electron chi connectivity index (χ4n) is 3.92. The topological polar surface area (TPSA) is 88.5 Å². The monoisotopic (exact) mass is 548 g/mol. The molecule has 0 bridgehead atoms. The first-order valence-corrected chi connectivity index (χ1v) is 13.0. The van der Waals surface area contributed by atoms with Gasteiger partial charge in [0.25, 0.3) is 0 Å². The van der Waals surface area contributed by atoms with E-state index in [0.29, 0.717) is 11.4 Å². The van der Waals surface area contributed by atoms with Crippen molar-refractivity contribution < 1.29 is 18.0 Å². The molecular weight excluding hydrogens is 525 g/mol. The predicted octanol–water partition coefficient (Wildman–Crippen LogP) is 6.76. The van der Waals surface area contributed by atoms with Crippen LogP contribution in [0.5, 0.6) is 0 Å². The number of anilines is 1. The molecule has 1 amide bonds. The van der Waals surface area contributed by atoms with E-state index in [2.05, 4.69) is 25.5 Å². The van der Waals surface area contributed by atoms with Crippen LogP contribution < -0.4 is 5.32 Å². The molecule has 3 heterocycles. The van der Waals surface area contributed by atoms with Crippen LogP contribution in [0.4, 0.5) is 18.9 Å². The quantitative estimate of drug-likeness (QED) is 0.209. The van der Waals surface area contributed by atoms with E-state index in [1.165, 1.54) is 28.7 Å². The smallest absolute Gasteiger partial charge is 0.326 e. The number of thioether (sulfide) groups is 1. The van der Waals surface area contributed by atoms with Crippen LogP contribution in [0.25, 0.3) is 28.7 Å². The average Bonchev–Trinajstić information content (AvgIpc) is 3.53. The summed E-state index contributed by atoms with van der Waals surface area (Å²) in [7, 11) is 0. The van der Waals surface area contributed by atoms with Crippen LogP contribution >= 0.6 is 11.8 Å². The number of aryl methyl sites for hydroxylation is 1. The van der Waals surface area contributed by atoms with Crippen LogP contribution in [0, 0.1) is 6.92 Å². The van der Waals surface area contributed by atoms with Gasteiger partial charge in [-0.3, -0.25) is 14.9 Å². The van der Waals surface area contributed by atoms with Gasteiger partial charge in [-0.25, -0.2) is 4.98 Å². The Morgan fingerprint density at radius 2 is 1.97 bits per heavy atom. The number of pyridine rings is 1. The van der Waals surface area contributed by atoms with Crippen molar-refractivity contribution in [2.75, 3.05) is 11.1 Å². The zero-order valence-corrected chi connectivity index (χ0v) is 21.6. The normalized spacial score (nSPS) is 11.9. The molecule has 0 spiro atoms. The molecule has 0 aliphatic carbocycles. The molecule has 0 atom stereocenters. The van der Waals surface area contributed by atoms with E-state index < -0.39 is 11.7 Å². The number of benzene rings is 2. The molecule has 5 rings (SSSR count). The molecule has 0 aliphatic heterocycles. The highest BCUT2D eigenvalue weighted by atomic mass is 32.2. The van der Waals surface area contributed by atoms with Gasteiger partial charge in [-0.1, -0.05) is 6.07 Å². The van der Waals surface area contributed by atoms with Crippen LogP contribution in [0.1, 0.15) is 29.1 Å². The zero-order valence-electron chi connectivity index (χ0n) is 20.7. The Labute approximate surface area is 226 Å². The fourth-order valence-corrected chi connectivity index (χ4v) is 4.81. The Bertz CT molecular complexity index is 1640. The van der Waals surface area contributed by atoms with E-state index >= 15 is 0 Å². The number of nitrogens with zero attached hydrogens (tertiary/aromatic N) is 4. The van der Waals surface area contributed by atoms with Crippen LogP contribution in [0.2, 0.25) is 0 Å². The summed E-state index contributed by atoms with van der Waals surface area (Å²) in [6.07, 6.45) is 4.13. The molecule has 0 fully saturated rings. The van der Waals surface area contributed by atoms with Crippen molar-refractivity contribution in [1.29, 1.82) is 0 Å². The van der Waals surface area contributed by atoms with Gasteiger partial charge in [0.2, 0.25) is 5.91 Å². The lowest BCUT2D eigenvalue weighted by atomic mass is 10.1. The second kappa shape index (κ2) is 11.2. The molecule has 0 saturated carbocycles. The molecule has 2 N–H and O–H groups in total. The second-order valence-corrected chi connectivity index (χ2v) is 9.91. The van der Waals surface area contributed by atoms with Gasteiger partial charge < -0.3 is 9.88 Å². The van der Waals surface area contributed by atoms with Crippen LogP contribution in [-0.4, -0.2) is 36.4 Å². The number of nitrogens with one attached hydrogen (secondary N) is 2. The van der Waals surface area contributed by atoms with Crippen molar-refractivity contribution in [3.63, 3.8) is 0 Å². The minimum absolute atomic E-state index is 0.0753. The number of carbonyl (C=O) groups is 1. The highest BCUT2D eigenvalue weighted by Gasteiger charge is 2.31. The van der Waals surface area contributed by atoms with E-state index in [-0.39, 0.29) is 23.7 Å². The maximum Gasteiger partial charge on any atom is 0.416 e. The molecule has 39 heavy (non-hydrogen) atoms. The van der Waals surface area contributed by atoms with Crippen LogP contribution in [-0.2, 0) is 11.0 Å². The molecule has 11 heteroatoms. The summed E-state index contributed by atoms with van der Waals surface area (Å²) in [5.74, 6) is 0.0731. The van der Waals surface area contributed by atoms with Gasteiger partial charge in [0.1, 0.15) is 0 Å². The number of aromatic amines is 1. The van der Waals surface area contributed by atoms with Crippen molar-refractivity contribution in [2.45, 2.75) is 24.4 Å². The molecule has 0 radical (unpaired) electrons. The van der Waals surface area contributed by atoms with Gasteiger partial charge in [-0.05, 0) is 67.6 Å². The molecule has 2 aromatic carbocycles. The lowest BCUT2D eigenvalue weighted by molar-refractivity contribution is -0.137. The number of rotatable bonds is 8. The Balaban J connectivity index is 1.21. The number of amides is 1. The van der Waals surface area contributed by atoms with Gasteiger partial charge >= 0.3 is 6.18 Å². The maximum atomic E-state index is 13.5. The third kappa shape index (κ3) is 6.55. The first kappa shape index (κ1) is 26.2. The standard InChI is InChI=1S/C28H23F3N6OS/c1-18-16-37(17-33-18)22-13-19(28(29,30)31)12-21(14-22)34-27(38)9-11-39-23-6-7-24-25(35-36-26(24)15-23)8-5-20-4-2-3-10-32-20/h2-8,10,12-17H,9,11H2,1H3,(H,34,38)(H,35,36)/b8-5+. The van der Waals surface area contributed by atoms with Gasteiger partial charge in [0.05, 0.1) is 34.5 Å². The van der Waals surface area contributed by atoms with E-state index in [1.807, 2.05) is 48.6 Å². The average molecular weight is 549 g/mol. The second-order valence-electron chi connectivity index (χ2n) is 8.74. The van der Waals surface area contributed by atoms with Crippen molar-refractivity contribution >= 4 is 46.4 Å². The fraction of sp³-hybridized carbons (Fsp3) is 0.143. The highest BCUT2D eigenvalue weighted by molar-refractivity contribution is 7.99. The summed E-state index contributed by atoms with van der Waals surface area (Å²) in [5, 5.41) is 10.9. The number of hydrogen-bond acceptors (Lipinski definition) is 5. The van der Waals surface area contributed by atoms with Crippen molar-refractivity contribution in [1.82, 2.24) is 24.7 Å². The first-order valence-electron chi connectivity index (χ1n) is 12.0. The summed E-state index contributed by atoms with van der Waals surface area (Å²) in [4.78, 5) is 21.8. The molecule has 0 saturated heterocycles. The summed E-state index contributed by atoms with van der Waals surface area (Å²) in [6, 6.07) is 15.0. The summed E-state index contributed by atoms with van der Waals surface area (Å²) < 4.78 is 41.9. The van der Waals surface area contributed by atoms with Gasteiger partial charge in [-0.15, -0.1) is 11.8 Å². The number of fused-ring (bicyclic) bond motifs is 1. The first-order chi connectivity index (χ1) is 18.7. The van der Waals surface area contributed by atoms with Gasteiger partial charge in [0.15, 0.2) is 0 Å². The molecule has 0 aliphatic rings. The number of alkyl halides is 3. The number of imidazole rings is 1. The largest absolute Gasteiger partial charge is 0.416 e. The minimum Gasteiger partial charge on any atom is -0.326 e. The SMILES string of the molecule is Cc1cn(-c2cc(NC(=O)CCSc3ccc4c(/C=C/c5ccccn5)n[nH]c4c3)cc(C(F)(F)F)c2)cn1. The Morgan fingerprint density at radius 3 is 2.72 bits per heavy atom. The maximum absolute atomic E-state index is 13.5. The number of halogens is 3. The minimum atomic E-state index is -4.56. The van der Waals surface area contributed by atoms with Crippen molar-refractivity contribution in [2.24, 2.45) is 0 Å². The van der Waals surface area contributed by atoms with Crippen LogP contribution in [0.15, 0.2) is 78.2 Å². The third-order valence-electron chi connectivity index (χ3n) is 5.80. The van der Waals surface area contributed by atoms with Crippen molar-refractivity contribution in [3.05, 3.63) is 96.0 Å². The third-order valence-corrected chi connectivity index (χ3v) is 6.80. The number of aromatic nitrogens is 5. The number of H-pyrrole nitrogens is 1. The zero-order chi connectivity index (χ0) is 27.4. The highest BCUT2D eigenvalue weighted by Crippen LogP contribution is 2.33. The Hall–Kier alpha value is -4.38. The van der Waals surface area contributed by atoms with Gasteiger partial charge in [0, 0.05) is 46.2 Å². The van der Waals surface area contributed by atoms with Crippen molar-refractivity contribution in [3.8, 4) is 5.69 Å². The lowest BCUT2D eigenvalue weighted by Gasteiger charge is -2.13. The van der Waals surface area contributed by atoms with Crippen LogP contribution in [0.3, 0.4) is 0 Å².